The van der Waals surface area contributed by atoms with Crippen LogP contribution in [0.25, 0.3) is 22.4 Å². The highest BCUT2D eigenvalue weighted by molar-refractivity contribution is 6.30. The Bertz CT molecular complexity index is 1400. The minimum absolute atomic E-state index is 0.0972. The van der Waals surface area contributed by atoms with E-state index < -0.39 is 5.82 Å². The van der Waals surface area contributed by atoms with Crippen LogP contribution in [0, 0.1) is 19.7 Å². The summed E-state index contributed by atoms with van der Waals surface area (Å²) in [5.41, 5.74) is 4.53. The molecule has 0 amide bonds. The summed E-state index contributed by atoms with van der Waals surface area (Å²) in [5.74, 6) is 0.338. The fraction of sp³-hybridized carbons (Fsp3) is 0.400. The Morgan fingerprint density at radius 3 is 2.65 bits per heavy atom. The molecule has 0 bridgehead atoms. The van der Waals surface area contributed by atoms with Crippen LogP contribution in [0.2, 0.25) is 5.02 Å². The minimum atomic E-state index is -0.434. The first-order valence-corrected chi connectivity index (χ1v) is 12.1. The zero-order valence-electron chi connectivity index (χ0n) is 19.2. The molecular formula is C25H25ClFN7. The lowest BCUT2D eigenvalue weighted by Gasteiger charge is -2.32. The van der Waals surface area contributed by atoms with Crippen molar-refractivity contribution in [1.29, 1.82) is 0 Å². The van der Waals surface area contributed by atoms with E-state index in [1.165, 1.54) is 18.9 Å². The largest absolute Gasteiger partial charge is 0.368 e. The summed E-state index contributed by atoms with van der Waals surface area (Å²) < 4.78 is 17.0. The molecule has 34 heavy (non-hydrogen) atoms. The molecule has 2 aliphatic rings. The average Bonchev–Trinajstić information content (AvgIpc) is 3.56. The van der Waals surface area contributed by atoms with Crippen LogP contribution in [0.3, 0.4) is 0 Å². The van der Waals surface area contributed by atoms with Gasteiger partial charge in [-0.05, 0) is 57.7 Å². The van der Waals surface area contributed by atoms with Gasteiger partial charge in [0.15, 0.2) is 5.65 Å². The number of piperidine rings is 1. The molecule has 0 spiro atoms. The van der Waals surface area contributed by atoms with Gasteiger partial charge in [0, 0.05) is 35.8 Å². The van der Waals surface area contributed by atoms with E-state index in [2.05, 4.69) is 30.8 Å². The molecule has 6 rings (SSSR count). The van der Waals surface area contributed by atoms with Crippen molar-refractivity contribution < 1.29 is 4.39 Å². The molecule has 1 aromatic carbocycles. The standard InChI is InChI=1S/C25H25ClFN7/c1-14-15(2)30-25-23(29-14)22(20-8-5-17(26)10-21(20)27)31-24(32-25)16-4-3-9-33(12-16)19-11-28-34(13-19)18-6-7-18/h5,8,10-11,13,16,18H,3-4,6-7,9,12H2,1-2H3/t16-/m0/s1. The summed E-state index contributed by atoms with van der Waals surface area (Å²) in [6, 6.07) is 5.18. The topological polar surface area (TPSA) is 72.6 Å². The second-order valence-electron chi connectivity index (χ2n) is 9.32. The third-order valence-electron chi connectivity index (χ3n) is 6.81. The second-order valence-corrected chi connectivity index (χ2v) is 9.75. The number of hydrogen-bond acceptors (Lipinski definition) is 6. The van der Waals surface area contributed by atoms with E-state index in [9.17, 15) is 4.39 Å². The van der Waals surface area contributed by atoms with Gasteiger partial charge in [0.05, 0.1) is 29.3 Å². The molecule has 174 valence electrons. The number of halogens is 2. The van der Waals surface area contributed by atoms with Crippen LogP contribution in [0.1, 0.15) is 54.9 Å². The summed E-state index contributed by atoms with van der Waals surface area (Å²) in [6.07, 6.45) is 8.49. The molecule has 4 heterocycles. The molecule has 4 aromatic rings. The van der Waals surface area contributed by atoms with Gasteiger partial charge in [-0.2, -0.15) is 5.10 Å². The highest BCUT2D eigenvalue weighted by Crippen LogP contribution is 2.37. The fourth-order valence-corrected chi connectivity index (χ4v) is 4.79. The Hall–Kier alpha value is -3.13. The Labute approximate surface area is 202 Å². The molecule has 2 fully saturated rings. The third kappa shape index (κ3) is 3.90. The van der Waals surface area contributed by atoms with Crippen LogP contribution in [-0.4, -0.2) is 42.8 Å². The number of hydrogen-bond donors (Lipinski definition) is 0. The van der Waals surface area contributed by atoms with E-state index >= 15 is 0 Å². The smallest absolute Gasteiger partial charge is 0.182 e. The zero-order valence-corrected chi connectivity index (χ0v) is 19.9. The number of rotatable bonds is 4. The van der Waals surface area contributed by atoms with E-state index in [0.717, 1.165) is 43.0 Å². The van der Waals surface area contributed by atoms with Crippen molar-refractivity contribution in [3.8, 4) is 11.3 Å². The molecule has 9 heteroatoms. The monoisotopic (exact) mass is 477 g/mol. The van der Waals surface area contributed by atoms with Gasteiger partial charge in [0.2, 0.25) is 0 Å². The molecule has 1 saturated heterocycles. The maximum Gasteiger partial charge on any atom is 0.182 e. The summed E-state index contributed by atoms with van der Waals surface area (Å²) in [6.45, 7) is 5.55. The van der Waals surface area contributed by atoms with E-state index in [1.54, 1.807) is 12.1 Å². The molecule has 0 radical (unpaired) electrons. The van der Waals surface area contributed by atoms with Gasteiger partial charge in [-0.15, -0.1) is 0 Å². The zero-order chi connectivity index (χ0) is 23.4. The van der Waals surface area contributed by atoms with Crippen molar-refractivity contribution in [2.75, 3.05) is 18.0 Å². The molecule has 1 atom stereocenters. The number of fused-ring (bicyclic) bond motifs is 1. The first-order chi connectivity index (χ1) is 16.5. The second kappa shape index (κ2) is 8.27. The quantitative estimate of drug-likeness (QED) is 0.391. The SMILES string of the molecule is Cc1nc2nc([C@H]3CCCN(c4cnn(C5CC5)c4)C3)nc(-c3ccc(Cl)cc3F)c2nc1C. The van der Waals surface area contributed by atoms with Gasteiger partial charge in [0.25, 0.3) is 0 Å². The van der Waals surface area contributed by atoms with Gasteiger partial charge < -0.3 is 4.90 Å². The van der Waals surface area contributed by atoms with Crippen molar-refractivity contribution in [2.24, 2.45) is 0 Å². The number of benzene rings is 1. The predicted molar refractivity (Wildman–Crippen MR) is 130 cm³/mol. The molecule has 3 aromatic heterocycles. The molecule has 1 aliphatic carbocycles. The highest BCUT2D eigenvalue weighted by Gasteiger charge is 2.29. The molecule has 7 nitrogen and oxygen atoms in total. The van der Waals surface area contributed by atoms with E-state index in [-0.39, 0.29) is 5.92 Å². The summed E-state index contributed by atoms with van der Waals surface area (Å²) >= 11 is 6.01. The maximum atomic E-state index is 15.0. The van der Waals surface area contributed by atoms with E-state index in [1.807, 2.05) is 20.0 Å². The summed E-state index contributed by atoms with van der Waals surface area (Å²) in [5, 5.41) is 4.89. The first kappa shape index (κ1) is 21.4. The first-order valence-electron chi connectivity index (χ1n) is 11.7. The summed E-state index contributed by atoms with van der Waals surface area (Å²) in [7, 11) is 0. The van der Waals surface area contributed by atoms with E-state index in [4.69, 9.17) is 21.6 Å². The minimum Gasteiger partial charge on any atom is -0.368 e. The van der Waals surface area contributed by atoms with Crippen LogP contribution in [0.15, 0.2) is 30.6 Å². The van der Waals surface area contributed by atoms with Gasteiger partial charge in [-0.3, -0.25) is 4.68 Å². The van der Waals surface area contributed by atoms with Crippen LogP contribution >= 0.6 is 11.6 Å². The summed E-state index contributed by atoms with van der Waals surface area (Å²) in [4.78, 5) is 21.4. The highest BCUT2D eigenvalue weighted by atomic mass is 35.5. The Kier molecular flexibility index (Phi) is 5.21. The van der Waals surface area contributed by atoms with Crippen molar-refractivity contribution in [2.45, 2.75) is 51.5 Å². The van der Waals surface area contributed by atoms with Gasteiger partial charge in [0.1, 0.15) is 22.9 Å². The number of aryl methyl sites for hydroxylation is 2. The number of aromatic nitrogens is 6. The number of anilines is 1. The van der Waals surface area contributed by atoms with Crippen LogP contribution in [-0.2, 0) is 0 Å². The predicted octanol–water partition coefficient (Wildman–Crippen LogP) is 5.41. The van der Waals surface area contributed by atoms with Crippen molar-refractivity contribution in [3.05, 3.63) is 58.6 Å². The molecule has 0 N–H and O–H groups in total. The van der Waals surface area contributed by atoms with Crippen molar-refractivity contribution in [3.63, 3.8) is 0 Å². The third-order valence-corrected chi connectivity index (χ3v) is 7.04. The molecule has 0 unspecified atom stereocenters. The Morgan fingerprint density at radius 1 is 1.03 bits per heavy atom. The van der Waals surface area contributed by atoms with Gasteiger partial charge in [-0.1, -0.05) is 11.6 Å². The lowest BCUT2D eigenvalue weighted by Crippen LogP contribution is -2.35. The van der Waals surface area contributed by atoms with E-state index in [0.29, 0.717) is 39.3 Å². The van der Waals surface area contributed by atoms with Crippen molar-refractivity contribution >= 4 is 28.5 Å². The Balaban J connectivity index is 1.41. The van der Waals surface area contributed by atoms with Crippen LogP contribution < -0.4 is 4.90 Å². The molecule has 1 aliphatic heterocycles. The fourth-order valence-electron chi connectivity index (χ4n) is 4.63. The normalized spacial score (nSPS) is 18.6. The van der Waals surface area contributed by atoms with Gasteiger partial charge >= 0.3 is 0 Å². The van der Waals surface area contributed by atoms with Gasteiger partial charge in [-0.25, -0.2) is 24.3 Å². The van der Waals surface area contributed by atoms with Crippen LogP contribution in [0.5, 0.6) is 0 Å². The average molecular weight is 478 g/mol. The molecule has 1 saturated carbocycles. The maximum absolute atomic E-state index is 15.0. The Morgan fingerprint density at radius 2 is 1.85 bits per heavy atom. The lowest BCUT2D eigenvalue weighted by atomic mass is 9.96. The number of nitrogens with zero attached hydrogens (tertiary/aromatic N) is 7. The lowest BCUT2D eigenvalue weighted by molar-refractivity contribution is 0.492. The van der Waals surface area contributed by atoms with Crippen molar-refractivity contribution in [1.82, 2.24) is 29.7 Å². The molecular weight excluding hydrogens is 453 g/mol. The van der Waals surface area contributed by atoms with Crippen LogP contribution in [0.4, 0.5) is 10.1 Å².